The largest absolute Gasteiger partial charge is 0.324 e. The Kier molecular flexibility index (Phi) is 3.63. The van der Waals surface area contributed by atoms with Gasteiger partial charge in [0.15, 0.2) is 0 Å². The number of nitrogens with two attached hydrogens (primary N) is 1. The Hall–Kier alpha value is -1.25. The van der Waals surface area contributed by atoms with Crippen LogP contribution in [0.5, 0.6) is 0 Å². The molecule has 1 aliphatic carbocycles. The van der Waals surface area contributed by atoms with Crippen LogP contribution in [-0.2, 0) is 12.8 Å². The minimum absolute atomic E-state index is 0.0816. The van der Waals surface area contributed by atoms with Gasteiger partial charge in [-0.25, -0.2) is 0 Å². The van der Waals surface area contributed by atoms with Gasteiger partial charge < -0.3 is 5.73 Å². The molecule has 0 saturated heterocycles. The van der Waals surface area contributed by atoms with E-state index in [0.717, 1.165) is 0 Å². The van der Waals surface area contributed by atoms with Crippen LogP contribution in [0.2, 0.25) is 0 Å². The Morgan fingerprint density at radius 3 is 2.68 bits per heavy atom. The highest BCUT2D eigenvalue weighted by Gasteiger charge is 2.12. The summed E-state index contributed by atoms with van der Waals surface area (Å²) in [6.45, 7) is 2.04. The molecular weight excluding hydrogens is 250 g/mol. The van der Waals surface area contributed by atoms with E-state index < -0.39 is 0 Å². The molecule has 0 aliphatic heterocycles. The number of hydrogen-bond donors (Lipinski definition) is 1. The van der Waals surface area contributed by atoms with Crippen LogP contribution in [0.25, 0.3) is 0 Å². The number of hydrogen-bond acceptors (Lipinski definition) is 2. The first-order valence-electron chi connectivity index (χ1n) is 6.88. The molecule has 0 radical (unpaired) electrons. The lowest BCUT2D eigenvalue weighted by Crippen LogP contribution is -2.05. The average molecular weight is 269 g/mol. The van der Waals surface area contributed by atoms with Crippen LogP contribution in [0, 0.1) is 0 Å². The summed E-state index contributed by atoms with van der Waals surface area (Å²) in [5.41, 5.74) is 10.3. The molecule has 1 unspecified atom stereocenters. The number of rotatable bonds is 3. The molecule has 0 heterocycles. The van der Waals surface area contributed by atoms with E-state index in [4.69, 9.17) is 5.73 Å². The van der Waals surface area contributed by atoms with E-state index in [-0.39, 0.29) is 6.04 Å². The highest BCUT2D eigenvalue weighted by atomic mass is 32.2. The first kappa shape index (κ1) is 12.8. The third-order valence-electron chi connectivity index (χ3n) is 3.71. The van der Waals surface area contributed by atoms with Gasteiger partial charge in [-0.15, -0.1) is 0 Å². The van der Waals surface area contributed by atoms with Gasteiger partial charge in [-0.05, 0) is 61.1 Å². The summed E-state index contributed by atoms with van der Waals surface area (Å²) in [7, 11) is 0. The number of aryl methyl sites for hydroxylation is 2. The quantitative estimate of drug-likeness (QED) is 0.896. The summed E-state index contributed by atoms with van der Waals surface area (Å²) in [4.78, 5) is 2.60. The molecule has 0 amide bonds. The van der Waals surface area contributed by atoms with E-state index in [1.807, 2.05) is 18.7 Å². The molecule has 2 heteroatoms. The van der Waals surface area contributed by atoms with Crippen molar-refractivity contribution in [2.45, 2.75) is 42.0 Å². The van der Waals surface area contributed by atoms with Crippen molar-refractivity contribution >= 4 is 11.8 Å². The van der Waals surface area contributed by atoms with E-state index in [2.05, 4.69) is 42.5 Å². The predicted molar refractivity (Wildman–Crippen MR) is 81.6 cm³/mol. The van der Waals surface area contributed by atoms with Gasteiger partial charge in [-0.3, -0.25) is 0 Å². The minimum Gasteiger partial charge on any atom is -0.324 e. The molecule has 0 saturated carbocycles. The number of fused-ring (bicyclic) bond motifs is 1. The third kappa shape index (κ3) is 2.70. The number of benzene rings is 2. The van der Waals surface area contributed by atoms with Gasteiger partial charge in [0.2, 0.25) is 0 Å². The first-order chi connectivity index (χ1) is 9.24. The van der Waals surface area contributed by atoms with Gasteiger partial charge in [0.1, 0.15) is 0 Å². The second kappa shape index (κ2) is 5.40. The zero-order valence-corrected chi connectivity index (χ0v) is 12.0. The van der Waals surface area contributed by atoms with Crippen molar-refractivity contribution in [1.82, 2.24) is 0 Å². The van der Waals surface area contributed by atoms with Gasteiger partial charge in [-0.2, -0.15) is 0 Å². The van der Waals surface area contributed by atoms with Crippen molar-refractivity contribution in [2.75, 3.05) is 0 Å². The van der Waals surface area contributed by atoms with E-state index in [0.29, 0.717) is 0 Å². The lowest BCUT2D eigenvalue weighted by molar-refractivity contribution is 0.797. The van der Waals surface area contributed by atoms with Gasteiger partial charge in [-0.1, -0.05) is 36.0 Å². The summed E-state index contributed by atoms with van der Waals surface area (Å²) >= 11 is 1.83. The van der Waals surface area contributed by atoms with Crippen LogP contribution in [0.3, 0.4) is 0 Å². The lowest BCUT2D eigenvalue weighted by Gasteiger charge is -2.12. The maximum atomic E-state index is 6.05. The molecule has 0 aromatic heterocycles. The normalized spacial score (nSPS) is 15.3. The maximum absolute atomic E-state index is 6.05. The molecule has 1 nitrogen and oxygen atoms in total. The van der Waals surface area contributed by atoms with Crippen molar-refractivity contribution in [3.05, 3.63) is 59.2 Å². The second-order valence-corrected chi connectivity index (χ2v) is 6.33. The van der Waals surface area contributed by atoms with Crippen LogP contribution in [0.1, 0.15) is 36.1 Å². The van der Waals surface area contributed by atoms with Crippen molar-refractivity contribution in [1.29, 1.82) is 0 Å². The summed E-state index contributed by atoms with van der Waals surface area (Å²) in [5.74, 6) is 0. The van der Waals surface area contributed by atoms with Crippen molar-refractivity contribution < 1.29 is 0 Å². The molecule has 2 aromatic carbocycles. The van der Waals surface area contributed by atoms with E-state index >= 15 is 0 Å². The molecule has 2 aromatic rings. The molecule has 0 bridgehead atoms. The highest BCUT2D eigenvalue weighted by molar-refractivity contribution is 7.99. The average Bonchev–Trinajstić information content (AvgIpc) is 2.86. The van der Waals surface area contributed by atoms with Gasteiger partial charge in [0.05, 0.1) is 0 Å². The Bertz CT molecular complexity index is 590. The lowest BCUT2D eigenvalue weighted by atomic mass is 10.1. The Balaban J connectivity index is 1.89. The fourth-order valence-electron chi connectivity index (χ4n) is 2.69. The van der Waals surface area contributed by atoms with Crippen LogP contribution in [0.15, 0.2) is 52.3 Å². The maximum Gasteiger partial charge on any atom is 0.0277 e. The smallest absolute Gasteiger partial charge is 0.0277 e. The van der Waals surface area contributed by atoms with Crippen LogP contribution in [-0.4, -0.2) is 0 Å². The summed E-state index contributed by atoms with van der Waals surface area (Å²) in [6, 6.07) is 15.4. The molecule has 2 N–H and O–H groups in total. The minimum atomic E-state index is 0.0816. The van der Waals surface area contributed by atoms with Gasteiger partial charge >= 0.3 is 0 Å². The van der Waals surface area contributed by atoms with E-state index in [1.165, 1.54) is 45.7 Å². The first-order valence-corrected chi connectivity index (χ1v) is 7.70. The fourth-order valence-corrected chi connectivity index (χ4v) is 3.80. The second-order valence-electron chi connectivity index (χ2n) is 5.21. The Labute approximate surface area is 119 Å². The molecule has 0 fully saturated rings. The summed E-state index contributed by atoms with van der Waals surface area (Å²) < 4.78 is 0. The Morgan fingerprint density at radius 2 is 1.84 bits per heavy atom. The zero-order valence-electron chi connectivity index (χ0n) is 11.2. The Morgan fingerprint density at radius 1 is 1.05 bits per heavy atom. The van der Waals surface area contributed by atoms with Gasteiger partial charge in [0, 0.05) is 15.8 Å². The van der Waals surface area contributed by atoms with E-state index in [1.54, 1.807) is 0 Å². The van der Waals surface area contributed by atoms with E-state index in [9.17, 15) is 0 Å². The molecule has 98 valence electrons. The van der Waals surface area contributed by atoms with Crippen LogP contribution < -0.4 is 5.73 Å². The highest BCUT2D eigenvalue weighted by Crippen LogP contribution is 2.35. The fraction of sp³-hybridized carbons (Fsp3) is 0.294. The topological polar surface area (TPSA) is 26.0 Å². The van der Waals surface area contributed by atoms with Crippen molar-refractivity contribution in [3.8, 4) is 0 Å². The molecule has 3 rings (SSSR count). The molecule has 1 aliphatic rings. The summed E-state index contributed by atoms with van der Waals surface area (Å²) in [6.07, 6.45) is 3.79. The predicted octanol–water partition coefficient (Wildman–Crippen LogP) is 4.35. The van der Waals surface area contributed by atoms with Crippen molar-refractivity contribution in [2.24, 2.45) is 5.73 Å². The summed E-state index contributed by atoms with van der Waals surface area (Å²) in [5, 5.41) is 0. The monoisotopic (exact) mass is 269 g/mol. The van der Waals surface area contributed by atoms with Crippen LogP contribution in [0.4, 0.5) is 0 Å². The molecule has 0 spiro atoms. The molecular formula is C17H19NS. The molecule has 1 atom stereocenters. The SMILES string of the molecule is CC(N)c1ccccc1Sc1ccc2c(c1)CCC2. The van der Waals surface area contributed by atoms with Crippen molar-refractivity contribution in [3.63, 3.8) is 0 Å². The zero-order chi connectivity index (χ0) is 13.2. The molecule has 19 heavy (non-hydrogen) atoms. The standard InChI is InChI=1S/C17H19NS/c1-12(18)16-7-2-3-8-17(16)19-15-10-9-13-5-4-6-14(13)11-15/h2-3,7-12H,4-6,18H2,1H3. The third-order valence-corrected chi connectivity index (χ3v) is 4.79. The van der Waals surface area contributed by atoms with Gasteiger partial charge in [0.25, 0.3) is 0 Å². The van der Waals surface area contributed by atoms with Crippen LogP contribution >= 0.6 is 11.8 Å².